The number of thiazole rings is 1. The molecule has 180 valence electrons. The molecule has 0 saturated heterocycles. The molecule has 0 amide bonds. The largest absolute Gasteiger partial charge is 0.497 e. The van der Waals surface area contributed by atoms with Crippen LogP contribution in [0.2, 0.25) is 0 Å². The SMILES string of the molecule is COc1ccc(S(=O)(=O)N[C@H]2CC[C@H](Nc3nc4c(s3)CCCc3ccc(F)cc3-4)CC2)cc1. The Morgan fingerprint density at radius 3 is 2.50 bits per heavy atom. The second-order valence-corrected chi connectivity index (χ2v) is 11.7. The van der Waals surface area contributed by atoms with E-state index in [1.165, 1.54) is 10.9 Å². The number of hydrogen-bond acceptors (Lipinski definition) is 6. The lowest BCUT2D eigenvalue weighted by Gasteiger charge is -2.29. The van der Waals surface area contributed by atoms with E-state index < -0.39 is 10.0 Å². The molecule has 0 atom stereocenters. The summed E-state index contributed by atoms with van der Waals surface area (Å²) in [5.74, 6) is 0.392. The van der Waals surface area contributed by atoms with E-state index in [0.29, 0.717) is 5.75 Å². The zero-order valence-corrected chi connectivity index (χ0v) is 20.6. The number of benzene rings is 2. The molecular formula is C25H28FN3O3S2. The summed E-state index contributed by atoms with van der Waals surface area (Å²) in [7, 11) is -2.01. The molecule has 2 aromatic carbocycles. The third-order valence-corrected chi connectivity index (χ3v) is 9.20. The van der Waals surface area contributed by atoms with Crippen molar-refractivity contribution in [1.82, 2.24) is 9.71 Å². The number of hydrogen-bond donors (Lipinski definition) is 2. The van der Waals surface area contributed by atoms with Crippen molar-refractivity contribution < 1.29 is 17.5 Å². The van der Waals surface area contributed by atoms with E-state index >= 15 is 0 Å². The standard InChI is InChI=1S/C25H28FN3O3S2/c1-32-20-11-13-21(14-12-20)34(30,31)29-19-9-7-18(8-10-19)27-25-28-24-22-15-17(26)6-5-16(22)3-2-4-23(24)33-25/h5-6,11-15,18-19,29H,2-4,7-10H2,1H3,(H,27,28)/t18-,19-. The molecule has 0 spiro atoms. The van der Waals surface area contributed by atoms with Crippen LogP contribution in [0.25, 0.3) is 11.3 Å². The summed E-state index contributed by atoms with van der Waals surface area (Å²) in [6.45, 7) is 0. The van der Waals surface area contributed by atoms with Gasteiger partial charge < -0.3 is 10.1 Å². The van der Waals surface area contributed by atoms with Gasteiger partial charge in [-0.15, -0.1) is 11.3 Å². The highest BCUT2D eigenvalue weighted by Gasteiger charge is 2.27. The van der Waals surface area contributed by atoms with Gasteiger partial charge in [0.25, 0.3) is 0 Å². The topological polar surface area (TPSA) is 80.3 Å². The molecular weight excluding hydrogens is 473 g/mol. The summed E-state index contributed by atoms with van der Waals surface area (Å²) in [5, 5.41) is 4.42. The maximum Gasteiger partial charge on any atom is 0.240 e. The zero-order valence-electron chi connectivity index (χ0n) is 19.0. The molecule has 34 heavy (non-hydrogen) atoms. The first kappa shape index (κ1) is 23.3. The van der Waals surface area contributed by atoms with E-state index in [-0.39, 0.29) is 22.8 Å². The van der Waals surface area contributed by atoms with Crippen molar-refractivity contribution in [2.24, 2.45) is 0 Å². The van der Waals surface area contributed by atoms with Gasteiger partial charge in [0.2, 0.25) is 10.0 Å². The monoisotopic (exact) mass is 501 g/mol. The van der Waals surface area contributed by atoms with Crippen LogP contribution in [0.5, 0.6) is 5.75 Å². The number of anilines is 1. The molecule has 2 aliphatic carbocycles. The van der Waals surface area contributed by atoms with Crippen LogP contribution in [-0.4, -0.2) is 32.6 Å². The Morgan fingerprint density at radius 1 is 1.03 bits per heavy atom. The highest BCUT2D eigenvalue weighted by molar-refractivity contribution is 7.89. The quantitative estimate of drug-likeness (QED) is 0.488. The lowest BCUT2D eigenvalue weighted by atomic mass is 9.92. The number of nitrogens with one attached hydrogen (secondary N) is 2. The number of sulfonamides is 1. The Labute approximate surface area is 203 Å². The second-order valence-electron chi connectivity index (χ2n) is 8.94. The van der Waals surface area contributed by atoms with Crippen LogP contribution in [0.1, 0.15) is 42.5 Å². The van der Waals surface area contributed by atoms with Crippen molar-refractivity contribution in [3.63, 3.8) is 0 Å². The number of aromatic nitrogens is 1. The van der Waals surface area contributed by atoms with Gasteiger partial charge >= 0.3 is 0 Å². The van der Waals surface area contributed by atoms with Crippen LogP contribution in [0.3, 0.4) is 0 Å². The zero-order chi connectivity index (χ0) is 23.7. The number of aryl methyl sites for hydroxylation is 2. The van der Waals surface area contributed by atoms with Crippen molar-refractivity contribution in [3.05, 3.63) is 58.7 Å². The first-order valence-corrected chi connectivity index (χ1v) is 13.9. The number of nitrogens with zero attached hydrogens (tertiary/aromatic N) is 1. The lowest BCUT2D eigenvalue weighted by molar-refractivity contribution is 0.387. The van der Waals surface area contributed by atoms with Crippen molar-refractivity contribution in [2.45, 2.75) is 61.9 Å². The first-order valence-electron chi connectivity index (χ1n) is 11.6. The van der Waals surface area contributed by atoms with Crippen molar-refractivity contribution >= 4 is 26.5 Å². The first-order chi connectivity index (χ1) is 16.4. The van der Waals surface area contributed by atoms with Crippen LogP contribution in [0.4, 0.5) is 9.52 Å². The predicted molar refractivity (Wildman–Crippen MR) is 133 cm³/mol. The Balaban J connectivity index is 1.21. The number of methoxy groups -OCH3 is 1. The third-order valence-electron chi connectivity index (χ3n) is 6.62. The molecule has 2 N–H and O–H groups in total. The highest BCUT2D eigenvalue weighted by atomic mass is 32.2. The van der Waals surface area contributed by atoms with Crippen molar-refractivity contribution in [2.75, 3.05) is 12.4 Å². The minimum Gasteiger partial charge on any atom is -0.497 e. The highest BCUT2D eigenvalue weighted by Crippen LogP contribution is 2.38. The third kappa shape index (κ3) is 4.96. The summed E-state index contributed by atoms with van der Waals surface area (Å²) >= 11 is 1.66. The van der Waals surface area contributed by atoms with E-state index in [9.17, 15) is 12.8 Å². The fourth-order valence-corrected chi connectivity index (χ4v) is 7.19. The molecule has 1 heterocycles. The summed E-state index contributed by atoms with van der Waals surface area (Å²) in [4.78, 5) is 6.29. The summed E-state index contributed by atoms with van der Waals surface area (Å²) in [6, 6.07) is 11.6. The Morgan fingerprint density at radius 2 is 1.76 bits per heavy atom. The van der Waals surface area contributed by atoms with Gasteiger partial charge in [0.15, 0.2) is 5.13 Å². The minimum atomic E-state index is -3.57. The van der Waals surface area contributed by atoms with E-state index in [2.05, 4.69) is 10.0 Å². The fraction of sp³-hybridized carbons (Fsp3) is 0.400. The molecule has 2 aliphatic rings. The summed E-state index contributed by atoms with van der Waals surface area (Å²) in [5.41, 5.74) is 2.97. The maximum absolute atomic E-state index is 13.9. The molecule has 1 aromatic heterocycles. The average molecular weight is 502 g/mol. The predicted octanol–water partition coefficient (Wildman–Crippen LogP) is 5.15. The average Bonchev–Trinajstić information content (AvgIpc) is 3.15. The molecule has 1 fully saturated rings. The van der Waals surface area contributed by atoms with Crippen LogP contribution in [0, 0.1) is 5.82 Å². The van der Waals surface area contributed by atoms with Crippen molar-refractivity contribution in [3.8, 4) is 17.0 Å². The molecule has 0 bridgehead atoms. The number of halogens is 1. The molecule has 0 unspecified atom stereocenters. The molecule has 9 heteroatoms. The fourth-order valence-electron chi connectivity index (χ4n) is 4.79. The Kier molecular flexibility index (Phi) is 6.59. The van der Waals surface area contributed by atoms with Gasteiger partial charge in [-0.1, -0.05) is 6.07 Å². The molecule has 1 saturated carbocycles. The molecule has 0 radical (unpaired) electrons. The minimum absolute atomic E-state index is 0.0898. The summed E-state index contributed by atoms with van der Waals surface area (Å²) < 4.78 is 47.3. The smallest absolute Gasteiger partial charge is 0.240 e. The molecule has 0 aliphatic heterocycles. The van der Waals surface area contributed by atoms with Crippen LogP contribution < -0.4 is 14.8 Å². The van der Waals surface area contributed by atoms with Gasteiger partial charge in [0, 0.05) is 22.5 Å². The summed E-state index contributed by atoms with van der Waals surface area (Å²) in [6.07, 6.45) is 6.14. The Hall–Kier alpha value is -2.49. The van der Waals surface area contributed by atoms with Gasteiger partial charge in [-0.25, -0.2) is 22.5 Å². The Bertz CT molecular complexity index is 1270. The van der Waals surface area contributed by atoms with E-state index in [1.807, 2.05) is 6.07 Å². The van der Waals surface area contributed by atoms with E-state index in [4.69, 9.17) is 9.72 Å². The maximum atomic E-state index is 13.9. The molecule has 5 rings (SSSR count). The number of rotatable bonds is 6. The normalized spacial score (nSPS) is 20.2. The number of fused-ring (bicyclic) bond motifs is 3. The van der Waals surface area contributed by atoms with Gasteiger partial charge in [-0.2, -0.15) is 0 Å². The van der Waals surface area contributed by atoms with Crippen LogP contribution in [0.15, 0.2) is 47.4 Å². The molecule has 3 aromatic rings. The lowest BCUT2D eigenvalue weighted by Crippen LogP contribution is -2.40. The molecule has 6 nitrogen and oxygen atoms in total. The van der Waals surface area contributed by atoms with Gasteiger partial charge in [0.1, 0.15) is 11.6 Å². The van der Waals surface area contributed by atoms with Gasteiger partial charge in [-0.3, -0.25) is 0 Å². The van der Waals surface area contributed by atoms with Crippen LogP contribution >= 0.6 is 11.3 Å². The van der Waals surface area contributed by atoms with E-state index in [0.717, 1.165) is 66.9 Å². The van der Waals surface area contributed by atoms with Crippen LogP contribution in [-0.2, 0) is 22.9 Å². The van der Waals surface area contributed by atoms with Gasteiger partial charge in [0.05, 0.1) is 17.7 Å². The van der Waals surface area contributed by atoms with Gasteiger partial charge in [-0.05, 0) is 86.9 Å². The second kappa shape index (κ2) is 9.64. The van der Waals surface area contributed by atoms with E-state index in [1.54, 1.807) is 48.8 Å². The van der Waals surface area contributed by atoms with Crippen molar-refractivity contribution in [1.29, 1.82) is 0 Å². The number of ether oxygens (including phenoxy) is 1.